The number of rotatable bonds is 2. The van der Waals surface area contributed by atoms with Crippen molar-refractivity contribution in [3.63, 3.8) is 0 Å². The second-order valence-electron chi connectivity index (χ2n) is 4.39. The molecule has 0 spiro atoms. The molecule has 1 amide bonds. The van der Waals surface area contributed by atoms with Gasteiger partial charge in [-0.25, -0.2) is 14.4 Å². The van der Waals surface area contributed by atoms with Crippen molar-refractivity contribution < 1.29 is 29.7 Å². The summed E-state index contributed by atoms with van der Waals surface area (Å²) in [6.07, 6.45) is 2.27. The molecule has 2 rings (SSSR count). The molecule has 8 heteroatoms. The predicted molar refractivity (Wildman–Crippen MR) is 59.4 cm³/mol. The summed E-state index contributed by atoms with van der Waals surface area (Å²) in [4.78, 5) is 28.7. The van der Waals surface area contributed by atoms with E-state index in [-0.39, 0.29) is 5.54 Å². The largest absolute Gasteiger partial charge is 0.473 e. The normalized spacial score (nSPS) is 23.4. The van der Waals surface area contributed by atoms with Gasteiger partial charge in [-0.3, -0.25) is 0 Å². The molecule has 5 N–H and O–H groups in total. The Bertz CT molecular complexity index is 334. The number of hydrogen-bond acceptors (Lipinski definition) is 4. The standard InChI is InChI=1S/C8H14N2O2.C2H2O4/c11-7(12)10-8(2-3-8)6-1-4-9-5-6;3-1(4)2(5)6/h6,9-10H,1-5H2,(H,11,12);(H,3,4)(H,5,6)/t6-;/m1./s1. The van der Waals surface area contributed by atoms with E-state index in [9.17, 15) is 4.79 Å². The van der Waals surface area contributed by atoms with E-state index >= 15 is 0 Å². The monoisotopic (exact) mass is 260 g/mol. The second kappa shape index (κ2) is 5.67. The molecule has 0 aromatic heterocycles. The highest BCUT2D eigenvalue weighted by Gasteiger charge is 2.51. The van der Waals surface area contributed by atoms with Gasteiger partial charge in [-0.05, 0) is 31.7 Å². The van der Waals surface area contributed by atoms with Gasteiger partial charge in [0, 0.05) is 12.1 Å². The van der Waals surface area contributed by atoms with Crippen molar-refractivity contribution in [3.8, 4) is 0 Å². The summed E-state index contributed by atoms with van der Waals surface area (Å²) in [6, 6.07) is 0. The van der Waals surface area contributed by atoms with Gasteiger partial charge < -0.3 is 26.0 Å². The molecule has 0 radical (unpaired) electrons. The summed E-state index contributed by atoms with van der Waals surface area (Å²) >= 11 is 0. The molecule has 18 heavy (non-hydrogen) atoms. The van der Waals surface area contributed by atoms with Crippen LogP contribution in [0.5, 0.6) is 0 Å². The molecular weight excluding hydrogens is 244 g/mol. The van der Waals surface area contributed by atoms with Crippen molar-refractivity contribution in [1.29, 1.82) is 0 Å². The van der Waals surface area contributed by atoms with Crippen LogP contribution in [0.15, 0.2) is 0 Å². The van der Waals surface area contributed by atoms with Crippen LogP contribution in [0, 0.1) is 5.92 Å². The lowest BCUT2D eigenvalue weighted by Crippen LogP contribution is -2.42. The van der Waals surface area contributed by atoms with Gasteiger partial charge in [0.15, 0.2) is 0 Å². The Kier molecular flexibility index (Phi) is 4.49. The van der Waals surface area contributed by atoms with Crippen LogP contribution in [0.2, 0.25) is 0 Å². The summed E-state index contributed by atoms with van der Waals surface area (Å²) in [7, 11) is 0. The van der Waals surface area contributed by atoms with Gasteiger partial charge in [0.2, 0.25) is 0 Å². The van der Waals surface area contributed by atoms with Crippen LogP contribution in [0.3, 0.4) is 0 Å². The van der Waals surface area contributed by atoms with E-state index in [4.69, 9.17) is 24.9 Å². The lowest BCUT2D eigenvalue weighted by Gasteiger charge is -2.21. The first-order valence-electron chi connectivity index (χ1n) is 5.55. The van der Waals surface area contributed by atoms with Gasteiger partial charge in [0.1, 0.15) is 0 Å². The highest BCUT2D eigenvalue weighted by atomic mass is 16.4. The predicted octanol–water partition coefficient (Wildman–Crippen LogP) is -0.448. The van der Waals surface area contributed by atoms with Crippen LogP contribution in [0.1, 0.15) is 19.3 Å². The zero-order valence-corrected chi connectivity index (χ0v) is 9.68. The van der Waals surface area contributed by atoms with E-state index < -0.39 is 18.0 Å². The molecule has 0 aromatic carbocycles. The fraction of sp³-hybridized carbons (Fsp3) is 0.700. The number of carbonyl (C=O) groups is 3. The van der Waals surface area contributed by atoms with Gasteiger partial charge in [-0.2, -0.15) is 0 Å². The van der Waals surface area contributed by atoms with Gasteiger partial charge in [-0.15, -0.1) is 0 Å². The maximum atomic E-state index is 10.5. The van der Waals surface area contributed by atoms with E-state index in [1.54, 1.807) is 0 Å². The second-order valence-corrected chi connectivity index (χ2v) is 4.39. The van der Waals surface area contributed by atoms with E-state index in [1.165, 1.54) is 0 Å². The molecule has 1 saturated carbocycles. The summed E-state index contributed by atoms with van der Waals surface area (Å²) in [5.41, 5.74) is -0.0602. The maximum absolute atomic E-state index is 10.5. The van der Waals surface area contributed by atoms with E-state index in [0.29, 0.717) is 5.92 Å². The van der Waals surface area contributed by atoms with Crippen molar-refractivity contribution in [2.75, 3.05) is 13.1 Å². The Labute approximate surface area is 103 Å². The molecule has 1 atom stereocenters. The number of amides is 1. The third-order valence-electron chi connectivity index (χ3n) is 3.17. The van der Waals surface area contributed by atoms with Crippen LogP contribution >= 0.6 is 0 Å². The minimum Gasteiger partial charge on any atom is -0.473 e. The first-order valence-corrected chi connectivity index (χ1v) is 5.55. The molecule has 1 saturated heterocycles. The molecule has 102 valence electrons. The smallest absolute Gasteiger partial charge is 0.414 e. The van der Waals surface area contributed by atoms with Crippen molar-refractivity contribution >= 4 is 18.0 Å². The minimum atomic E-state index is -1.82. The zero-order valence-electron chi connectivity index (χ0n) is 9.68. The van der Waals surface area contributed by atoms with Crippen LogP contribution in [0.4, 0.5) is 4.79 Å². The van der Waals surface area contributed by atoms with Gasteiger partial charge in [0.25, 0.3) is 0 Å². The number of carboxylic acid groups (broad SMARTS) is 3. The summed E-state index contributed by atoms with van der Waals surface area (Å²) in [6.45, 7) is 2.01. The lowest BCUT2D eigenvalue weighted by atomic mass is 9.97. The van der Waals surface area contributed by atoms with Crippen LogP contribution in [-0.2, 0) is 9.59 Å². The molecule has 0 aromatic rings. The molecule has 0 unspecified atom stereocenters. The summed E-state index contributed by atoms with van der Waals surface area (Å²) in [5.74, 6) is -3.13. The Morgan fingerprint density at radius 1 is 1.11 bits per heavy atom. The minimum absolute atomic E-state index is 0.0602. The highest BCUT2D eigenvalue weighted by Crippen LogP contribution is 2.44. The number of hydrogen-bond donors (Lipinski definition) is 5. The Morgan fingerprint density at radius 2 is 1.67 bits per heavy atom. The van der Waals surface area contributed by atoms with Crippen molar-refractivity contribution in [2.24, 2.45) is 5.92 Å². The number of carboxylic acids is 2. The average Bonchev–Trinajstić information content (AvgIpc) is 2.82. The first-order chi connectivity index (χ1) is 8.37. The van der Waals surface area contributed by atoms with Gasteiger partial charge in [-0.1, -0.05) is 0 Å². The van der Waals surface area contributed by atoms with Crippen LogP contribution in [0.25, 0.3) is 0 Å². The Balaban J connectivity index is 0.000000232. The molecule has 2 aliphatic rings. The Hall–Kier alpha value is -1.83. The topological polar surface area (TPSA) is 136 Å². The third-order valence-corrected chi connectivity index (χ3v) is 3.17. The van der Waals surface area contributed by atoms with Gasteiger partial charge in [0.05, 0.1) is 0 Å². The number of nitrogens with one attached hydrogen (secondary N) is 2. The van der Waals surface area contributed by atoms with E-state index in [0.717, 1.165) is 32.4 Å². The van der Waals surface area contributed by atoms with E-state index in [2.05, 4.69) is 10.6 Å². The van der Waals surface area contributed by atoms with Crippen molar-refractivity contribution in [1.82, 2.24) is 10.6 Å². The van der Waals surface area contributed by atoms with Crippen molar-refractivity contribution in [2.45, 2.75) is 24.8 Å². The van der Waals surface area contributed by atoms with Crippen LogP contribution < -0.4 is 10.6 Å². The van der Waals surface area contributed by atoms with Crippen molar-refractivity contribution in [3.05, 3.63) is 0 Å². The lowest BCUT2D eigenvalue weighted by molar-refractivity contribution is -0.159. The molecule has 1 heterocycles. The first kappa shape index (κ1) is 14.2. The SMILES string of the molecule is O=C(O)C(=O)O.O=C(O)NC1([C@@H]2CCNC2)CC1. The summed E-state index contributed by atoms with van der Waals surface area (Å²) < 4.78 is 0. The quantitative estimate of drug-likeness (QED) is 0.424. The summed E-state index contributed by atoms with van der Waals surface area (Å²) in [5, 5.41) is 29.3. The molecular formula is C10H16N2O6. The highest BCUT2D eigenvalue weighted by molar-refractivity contribution is 6.27. The molecule has 2 fully saturated rings. The molecule has 0 bridgehead atoms. The fourth-order valence-corrected chi connectivity index (χ4v) is 2.11. The van der Waals surface area contributed by atoms with Crippen LogP contribution in [-0.4, -0.2) is 52.0 Å². The average molecular weight is 260 g/mol. The molecule has 1 aliphatic heterocycles. The zero-order chi connectivity index (χ0) is 13.8. The molecule has 1 aliphatic carbocycles. The number of aliphatic carboxylic acids is 2. The fourth-order valence-electron chi connectivity index (χ4n) is 2.11. The Morgan fingerprint density at radius 3 is 1.94 bits per heavy atom. The molecule has 8 nitrogen and oxygen atoms in total. The third kappa shape index (κ3) is 3.88. The maximum Gasteiger partial charge on any atom is 0.414 e. The van der Waals surface area contributed by atoms with Gasteiger partial charge >= 0.3 is 18.0 Å². The van der Waals surface area contributed by atoms with E-state index in [1.807, 2.05) is 0 Å².